The van der Waals surface area contributed by atoms with Crippen LogP contribution in [-0.4, -0.2) is 6.29 Å². The lowest BCUT2D eigenvalue weighted by atomic mass is 9.81. The maximum Gasteiger partial charge on any atom is 0.123 e. The highest BCUT2D eigenvalue weighted by Gasteiger charge is 2.25. The molecule has 1 aliphatic rings. The molecule has 1 fully saturated rings. The average molecular weight is 168 g/mol. The highest BCUT2D eigenvalue weighted by molar-refractivity contribution is 5.54. The number of aldehydes is 1. The van der Waals surface area contributed by atoms with Gasteiger partial charge in [0, 0.05) is 5.92 Å². The third-order valence-electron chi connectivity index (χ3n) is 3.16. The lowest BCUT2D eigenvalue weighted by Gasteiger charge is -2.23. The Bertz CT molecular complexity index is 140. The summed E-state index contributed by atoms with van der Waals surface area (Å²) in [4.78, 5) is 10.8. The van der Waals surface area contributed by atoms with Gasteiger partial charge in [-0.25, -0.2) is 0 Å². The van der Waals surface area contributed by atoms with Crippen molar-refractivity contribution in [3.63, 3.8) is 0 Å². The highest BCUT2D eigenvalue weighted by atomic mass is 16.1. The lowest BCUT2D eigenvalue weighted by Crippen LogP contribution is -2.20. The zero-order valence-corrected chi connectivity index (χ0v) is 8.25. The zero-order chi connectivity index (χ0) is 8.97. The third kappa shape index (κ3) is 2.33. The molecule has 0 aromatic rings. The van der Waals surface area contributed by atoms with E-state index in [0.29, 0.717) is 17.8 Å². The first-order valence-corrected chi connectivity index (χ1v) is 5.21. The number of hydrogen-bond acceptors (Lipinski definition) is 1. The molecule has 70 valence electrons. The summed E-state index contributed by atoms with van der Waals surface area (Å²) in [5.74, 6) is 1.69. The molecule has 0 aliphatic heterocycles. The Kier molecular flexibility index (Phi) is 3.77. The predicted octanol–water partition coefficient (Wildman–Crippen LogP) is 3.04. The summed E-state index contributed by atoms with van der Waals surface area (Å²) in [7, 11) is 0. The van der Waals surface area contributed by atoms with Crippen LogP contribution in [0.2, 0.25) is 0 Å². The van der Waals surface area contributed by atoms with Gasteiger partial charge < -0.3 is 4.79 Å². The van der Waals surface area contributed by atoms with E-state index in [0.717, 1.165) is 6.42 Å². The molecule has 0 radical (unpaired) electrons. The fourth-order valence-electron chi connectivity index (χ4n) is 2.36. The standard InChI is InChI=1S/C11H20O/c1-9(2)11-7-5-3-4-6-10(11)8-12/h8-11H,3-7H2,1-2H3. The van der Waals surface area contributed by atoms with Gasteiger partial charge in [-0.3, -0.25) is 0 Å². The first kappa shape index (κ1) is 9.76. The van der Waals surface area contributed by atoms with E-state index in [2.05, 4.69) is 13.8 Å². The molecule has 0 spiro atoms. The van der Waals surface area contributed by atoms with E-state index in [1.54, 1.807) is 0 Å². The van der Waals surface area contributed by atoms with Gasteiger partial charge in [0.15, 0.2) is 0 Å². The maximum absolute atomic E-state index is 10.8. The van der Waals surface area contributed by atoms with Gasteiger partial charge in [0.05, 0.1) is 0 Å². The fourth-order valence-corrected chi connectivity index (χ4v) is 2.36. The second-order valence-corrected chi connectivity index (χ2v) is 4.35. The van der Waals surface area contributed by atoms with Crippen molar-refractivity contribution in [2.75, 3.05) is 0 Å². The van der Waals surface area contributed by atoms with Crippen LogP contribution in [0.4, 0.5) is 0 Å². The topological polar surface area (TPSA) is 17.1 Å². The van der Waals surface area contributed by atoms with Crippen LogP contribution < -0.4 is 0 Å². The van der Waals surface area contributed by atoms with Crippen molar-refractivity contribution >= 4 is 6.29 Å². The summed E-state index contributed by atoms with van der Waals surface area (Å²) >= 11 is 0. The molecule has 0 bridgehead atoms. The largest absolute Gasteiger partial charge is 0.303 e. The van der Waals surface area contributed by atoms with Gasteiger partial charge in [0.2, 0.25) is 0 Å². The molecule has 0 aromatic heterocycles. The van der Waals surface area contributed by atoms with E-state index in [-0.39, 0.29) is 0 Å². The van der Waals surface area contributed by atoms with Crippen LogP contribution in [-0.2, 0) is 4.79 Å². The molecule has 2 atom stereocenters. The molecule has 12 heavy (non-hydrogen) atoms. The summed E-state index contributed by atoms with van der Waals surface area (Å²) < 4.78 is 0. The van der Waals surface area contributed by atoms with E-state index in [1.807, 2.05) is 0 Å². The second-order valence-electron chi connectivity index (χ2n) is 4.35. The summed E-state index contributed by atoms with van der Waals surface area (Å²) in [6.45, 7) is 4.49. The van der Waals surface area contributed by atoms with E-state index >= 15 is 0 Å². The van der Waals surface area contributed by atoms with E-state index in [1.165, 1.54) is 32.0 Å². The molecule has 1 rings (SSSR count). The first-order chi connectivity index (χ1) is 5.75. The second kappa shape index (κ2) is 4.64. The van der Waals surface area contributed by atoms with Gasteiger partial charge in [-0.15, -0.1) is 0 Å². The van der Waals surface area contributed by atoms with Crippen LogP contribution in [0.25, 0.3) is 0 Å². The van der Waals surface area contributed by atoms with Crippen LogP contribution in [0.1, 0.15) is 46.0 Å². The minimum Gasteiger partial charge on any atom is -0.303 e. The predicted molar refractivity (Wildman–Crippen MR) is 51.0 cm³/mol. The van der Waals surface area contributed by atoms with Crippen LogP contribution in [0.15, 0.2) is 0 Å². The quantitative estimate of drug-likeness (QED) is 0.457. The van der Waals surface area contributed by atoms with Gasteiger partial charge in [0.1, 0.15) is 6.29 Å². The Morgan fingerprint density at radius 2 is 1.83 bits per heavy atom. The summed E-state index contributed by atoms with van der Waals surface area (Å²) in [5.41, 5.74) is 0. The van der Waals surface area contributed by atoms with Crippen molar-refractivity contribution in [2.45, 2.75) is 46.0 Å². The van der Waals surface area contributed by atoms with Crippen LogP contribution in [0.5, 0.6) is 0 Å². The summed E-state index contributed by atoms with van der Waals surface area (Å²) in [5, 5.41) is 0. The van der Waals surface area contributed by atoms with Crippen molar-refractivity contribution in [3.05, 3.63) is 0 Å². The van der Waals surface area contributed by atoms with Crippen molar-refractivity contribution in [2.24, 2.45) is 17.8 Å². The lowest BCUT2D eigenvalue weighted by molar-refractivity contribution is -0.113. The van der Waals surface area contributed by atoms with E-state index < -0.39 is 0 Å². The molecule has 0 heterocycles. The van der Waals surface area contributed by atoms with Crippen molar-refractivity contribution in [1.29, 1.82) is 0 Å². The molecule has 2 unspecified atom stereocenters. The smallest absolute Gasteiger partial charge is 0.123 e. The monoisotopic (exact) mass is 168 g/mol. The van der Waals surface area contributed by atoms with Crippen LogP contribution in [0, 0.1) is 17.8 Å². The molecule has 1 nitrogen and oxygen atoms in total. The molecule has 0 saturated heterocycles. The number of carbonyl (C=O) groups excluding carboxylic acids is 1. The Labute approximate surface area is 75.5 Å². The van der Waals surface area contributed by atoms with Gasteiger partial charge >= 0.3 is 0 Å². The molecule has 0 aromatic carbocycles. The SMILES string of the molecule is CC(C)C1CCCCCC1C=O. The summed E-state index contributed by atoms with van der Waals surface area (Å²) in [6, 6.07) is 0. The Balaban J connectivity index is 2.57. The maximum atomic E-state index is 10.8. The van der Waals surface area contributed by atoms with Crippen LogP contribution in [0.3, 0.4) is 0 Å². The fraction of sp³-hybridized carbons (Fsp3) is 0.909. The molecular weight excluding hydrogens is 148 g/mol. The minimum absolute atomic E-state index is 0.354. The van der Waals surface area contributed by atoms with Gasteiger partial charge in [-0.05, 0) is 24.7 Å². The molecular formula is C11H20O. The summed E-state index contributed by atoms with van der Waals surface area (Å²) in [6.07, 6.45) is 7.50. The third-order valence-corrected chi connectivity index (χ3v) is 3.16. The van der Waals surface area contributed by atoms with Crippen molar-refractivity contribution < 1.29 is 4.79 Å². The van der Waals surface area contributed by atoms with E-state index in [9.17, 15) is 4.79 Å². The zero-order valence-electron chi connectivity index (χ0n) is 8.25. The van der Waals surface area contributed by atoms with Gasteiger partial charge in [-0.2, -0.15) is 0 Å². The minimum atomic E-state index is 0.354. The molecule has 1 aliphatic carbocycles. The number of hydrogen-bond donors (Lipinski definition) is 0. The Morgan fingerprint density at radius 1 is 1.17 bits per heavy atom. The van der Waals surface area contributed by atoms with Crippen molar-refractivity contribution in [3.8, 4) is 0 Å². The van der Waals surface area contributed by atoms with Crippen molar-refractivity contribution in [1.82, 2.24) is 0 Å². The Morgan fingerprint density at radius 3 is 2.42 bits per heavy atom. The Hall–Kier alpha value is -0.330. The number of rotatable bonds is 2. The molecule has 0 N–H and O–H groups in total. The average Bonchev–Trinajstić information content (AvgIpc) is 2.27. The van der Waals surface area contributed by atoms with Gasteiger partial charge in [0.25, 0.3) is 0 Å². The normalized spacial score (nSPS) is 31.6. The number of carbonyl (C=O) groups is 1. The highest BCUT2D eigenvalue weighted by Crippen LogP contribution is 2.32. The molecule has 0 amide bonds. The molecule has 1 heteroatoms. The first-order valence-electron chi connectivity index (χ1n) is 5.21. The van der Waals surface area contributed by atoms with E-state index in [4.69, 9.17) is 0 Å². The van der Waals surface area contributed by atoms with Gasteiger partial charge in [-0.1, -0.05) is 33.1 Å². The molecule has 1 saturated carbocycles. The van der Waals surface area contributed by atoms with Crippen LogP contribution >= 0.6 is 0 Å².